The summed E-state index contributed by atoms with van der Waals surface area (Å²) >= 11 is 0. The first-order chi connectivity index (χ1) is 30.9. The monoisotopic (exact) mass is 837 g/mol. The Balaban J connectivity index is 0.000000124. The van der Waals surface area contributed by atoms with E-state index < -0.39 is 0 Å². The van der Waals surface area contributed by atoms with Crippen molar-refractivity contribution in [2.24, 2.45) is 14.1 Å². The Labute approximate surface area is 378 Å². The molecule has 0 atom stereocenters. The maximum absolute atomic E-state index is 4.68. The molecule has 0 amide bonds. The molecule has 0 unspecified atom stereocenters. The zero-order valence-electron chi connectivity index (χ0n) is 39.0. The number of rotatable bonds is 1. The lowest BCUT2D eigenvalue weighted by Crippen LogP contribution is -1.93. The topological polar surface area (TPSA) is 48.5 Å². The second kappa shape index (κ2) is 20.2. The lowest BCUT2D eigenvalue weighted by atomic mass is 9.96. The van der Waals surface area contributed by atoms with Crippen LogP contribution in [0.4, 0.5) is 0 Å². The molecule has 5 aromatic heterocycles. The van der Waals surface area contributed by atoms with E-state index in [1.807, 2.05) is 64.4 Å². The molecule has 5 nitrogen and oxygen atoms in total. The largest absolute Gasteiger partial charge is 0.344 e. The Hall–Kier alpha value is -7.37. The van der Waals surface area contributed by atoms with E-state index in [0.717, 1.165) is 22.8 Å². The van der Waals surface area contributed by atoms with Gasteiger partial charge in [-0.2, -0.15) is 0 Å². The van der Waals surface area contributed by atoms with Crippen LogP contribution in [0.15, 0.2) is 176 Å². The van der Waals surface area contributed by atoms with Crippen LogP contribution < -0.4 is 0 Å². The van der Waals surface area contributed by atoms with Crippen molar-refractivity contribution in [2.45, 2.75) is 55.4 Å². The maximum atomic E-state index is 4.68. The molecule has 0 aliphatic carbocycles. The van der Waals surface area contributed by atoms with Crippen molar-refractivity contribution in [1.29, 1.82) is 0 Å². The number of para-hydroxylation sites is 2. The summed E-state index contributed by atoms with van der Waals surface area (Å²) in [6, 6.07) is 57.4. The molecular weight excluding hydrogens is 779 g/mol. The van der Waals surface area contributed by atoms with Crippen LogP contribution in [-0.2, 0) is 14.1 Å². The molecule has 64 heavy (non-hydrogen) atoms. The van der Waals surface area contributed by atoms with Gasteiger partial charge < -0.3 is 9.13 Å². The van der Waals surface area contributed by atoms with Crippen molar-refractivity contribution in [3.63, 3.8) is 0 Å². The number of pyridine rings is 3. The zero-order chi connectivity index (χ0) is 45.3. The first-order valence-corrected chi connectivity index (χ1v) is 22.0. The summed E-state index contributed by atoms with van der Waals surface area (Å²) in [5.41, 5.74) is 17.2. The Morgan fingerprint density at radius 2 is 0.812 bits per heavy atom. The van der Waals surface area contributed by atoms with Gasteiger partial charge in [0.15, 0.2) is 0 Å². The molecule has 0 saturated carbocycles. The van der Waals surface area contributed by atoms with E-state index in [9.17, 15) is 0 Å². The van der Waals surface area contributed by atoms with Gasteiger partial charge in [-0.25, -0.2) is 0 Å². The molecule has 11 aromatic rings. The fourth-order valence-electron chi connectivity index (χ4n) is 8.49. The predicted molar refractivity (Wildman–Crippen MR) is 274 cm³/mol. The number of aryl methyl sites for hydroxylation is 10. The standard InChI is InChI=1S/C17H15N.2C14H13N.2C7H9N/c1-12-15-10-6-7-11-16(15)17(13(2)18-12)14-8-4-3-5-9-14;1-10-7-8-14-12(9-10)11-5-3-4-6-13(11)15(14)2;1-10-7-8-12-11-5-3-4-6-13(11)15(2)14(12)9-10;1-6-3-7(2)5-8-4-6;1-6-4-3-5-7(2)8-6/h3-11H,1-2H3;2*3-9H,1-2H3;2*3-5H,1-2H3. The number of hydrogen-bond donors (Lipinski definition) is 0. The molecule has 0 saturated heterocycles. The van der Waals surface area contributed by atoms with Gasteiger partial charge in [-0.15, -0.1) is 0 Å². The summed E-state index contributed by atoms with van der Waals surface area (Å²) in [5.74, 6) is 0. The summed E-state index contributed by atoms with van der Waals surface area (Å²) in [6.45, 7) is 16.5. The van der Waals surface area contributed by atoms with E-state index in [0.29, 0.717) is 0 Å². The van der Waals surface area contributed by atoms with Crippen LogP contribution in [0.3, 0.4) is 0 Å². The van der Waals surface area contributed by atoms with Gasteiger partial charge in [0.25, 0.3) is 0 Å². The van der Waals surface area contributed by atoms with E-state index >= 15 is 0 Å². The van der Waals surface area contributed by atoms with Crippen LogP contribution in [0.1, 0.15) is 45.0 Å². The molecule has 0 radical (unpaired) electrons. The smallest absolute Gasteiger partial charge is 0.0491 e. The summed E-state index contributed by atoms with van der Waals surface area (Å²) in [6.07, 6.45) is 3.71. The maximum Gasteiger partial charge on any atom is 0.0491 e. The molecule has 320 valence electrons. The second-order valence-electron chi connectivity index (χ2n) is 16.7. The van der Waals surface area contributed by atoms with Crippen molar-refractivity contribution < 1.29 is 0 Å². The lowest BCUT2D eigenvalue weighted by Gasteiger charge is -2.12. The summed E-state index contributed by atoms with van der Waals surface area (Å²) in [4.78, 5) is 12.8. The highest BCUT2D eigenvalue weighted by Crippen LogP contribution is 2.32. The third-order valence-electron chi connectivity index (χ3n) is 11.5. The van der Waals surface area contributed by atoms with E-state index in [2.05, 4.69) is 205 Å². The van der Waals surface area contributed by atoms with Gasteiger partial charge in [-0.05, 0) is 125 Å². The molecule has 0 fully saturated rings. The van der Waals surface area contributed by atoms with Gasteiger partial charge in [0, 0.05) is 104 Å². The van der Waals surface area contributed by atoms with Crippen LogP contribution in [-0.4, -0.2) is 24.1 Å². The van der Waals surface area contributed by atoms with Crippen LogP contribution in [0.5, 0.6) is 0 Å². The second-order valence-corrected chi connectivity index (χ2v) is 16.7. The molecule has 5 heterocycles. The van der Waals surface area contributed by atoms with Crippen LogP contribution in [0, 0.1) is 55.4 Å². The van der Waals surface area contributed by atoms with Crippen molar-refractivity contribution in [2.75, 3.05) is 0 Å². The molecule has 6 aromatic carbocycles. The van der Waals surface area contributed by atoms with Gasteiger partial charge >= 0.3 is 0 Å². The average Bonchev–Trinajstić information content (AvgIpc) is 3.73. The minimum Gasteiger partial charge on any atom is -0.344 e. The minimum atomic E-state index is 1.09. The highest BCUT2D eigenvalue weighted by atomic mass is 14.9. The first kappa shape index (κ1) is 44.7. The molecular formula is C59H59N5. The van der Waals surface area contributed by atoms with Gasteiger partial charge in [0.05, 0.1) is 0 Å². The molecule has 5 heteroatoms. The Bertz CT molecular complexity index is 3250. The average molecular weight is 838 g/mol. The number of aromatic nitrogens is 5. The lowest BCUT2D eigenvalue weighted by molar-refractivity contribution is 1.01. The van der Waals surface area contributed by atoms with Gasteiger partial charge in [-0.1, -0.05) is 127 Å². The third kappa shape index (κ3) is 10.3. The normalized spacial score (nSPS) is 10.7. The number of nitrogens with zero attached hydrogens (tertiary/aromatic N) is 5. The number of benzene rings is 6. The first-order valence-electron chi connectivity index (χ1n) is 22.0. The van der Waals surface area contributed by atoms with Crippen LogP contribution >= 0.6 is 0 Å². The van der Waals surface area contributed by atoms with Gasteiger partial charge in [0.2, 0.25) is 0 Å². The fourth-order valence-corrected chi connectivity index (χ4v) is 8.49. The molecule has 0 N–H and O–H groups in total. The van der Waals surface area contributed by atoms with Gasteiger partial charge in [-0.3, -0.25) is 15.0 Å². The van der Waals surface area contributed by atoms with E-state index in [1.165, 1.54) is 87.8 Å². The van der Waals surface area contributed by atoms with Crippen molar-refractivity contribution in [1.82, 2.24) is 24.1 Å². The number of fused-ring (bicyclic) bond motifs is 7. The predicted octanol–water partition coefficient (Wildman–Crippen LogP) is 15.2. The number of hydrogen-bond acceptors (Lipinski definition) is 3. The van der Waals surface area contributed by atoms with Crippen molar-refractivity contribution >= 4 is 54.4 Å². The molecule has 0 aliphatic rings. The quantitative estimate of drug-likeness (QED) is 0.165. The molecule has 0 bridgehead atoms. The minimum absolute atomic E-state index is 1.09. The highest BCUT2D eigenvalue weighted by molar-refractivity contribution is 6.09. The molecule has 0 spiro atoms. The van der Waals surface area contributed by atoms with E-state index in [4.69, 9.17) is 0 Å². The van der Waals surface area contributed by atoms with E-state index in [1.54, 1.807) is 0 Å². The van der Waals surface area contributed by atoms with Crippen molar-refractivity contribution in [3.8, 4) is 11.1 Å². The zero-order valence-corrected chi connectivity index (χ0v) is 39.0. The highest BCUT2D eigenvalue weighted by Gasteiger charge is 2.11. The molecule has 11 rings (SSSR count). The van der Waals surface area contributed by atoms with Crippen LogP contribution in [0.25, 0.3) is 65.5 Å². The van der Waals surface area contributed by atoms with E-state index in [-0.39, 0.29) is 0 Å². The Morgan fingerprint density at radius 3 is 1.39 bits per heavy atom. The third-order valence-corrected chi connectivity index (χ3v) is 11.5. The van der Waals surface area contributed by atoms with Gasteiger partial charge in [0.1, 0.15) is 0 Å². The molecule has 0 aliphatic heterocycles. The summed E-state index contributed by atoms with van der Waals surface area (Å²) in [7, 11) is 4.25. The summed E-state index contributed by atoms with van der Waals surface area (Å²) in [5, 5.41) is 7.91. The van der Waals surface area contributed by atoms with Crippen molar-refractivity contribution in [3.05, 3.63) is 221 Å². The summed E-state index contributed by atoms with van der Waals surface area (Å²) < 4.78 is 4.52. The van der Waals surface area contributed by atoms with Crippen LogP contribution in [0.2, 0.25) is 0 Å². The fraction of sp³-hybridized carbons (Fsp3) is 0.169. The Kier molecular flexibility index (Phi) is 14.1. The Morgan fingerprint density at radius 1 is 0.328 bits per heavy atom. The SMILES string of the molecule is Cc1ccc2c(c1)c1ccccc1n2C.Cc1ccc2c3ccccc3n(C)c2c1.Cc1cccc(C)n1.Cc1cncc(C)c1.Cc1nc(C)c2ccccc2c1-c1ccccc1.